The Morgan fingerprint density at radius 1 is 1.23 bits per heavy atom. The van der Waals surface area contributed by atoms with Crippen LogP contribution in [-0.2, 0) is 9.59 Å². The number of likely N-dealkylation sites (N-methyl/N-ethyl adjacent to an activating group) is 1. The van der Waals surface area contributed by atoms with Gasteiger partial charge in [0.05, 0.1) is 12.7 Å². The summed E-state index contributed by atoms with van der Waals surface area (Å²) < 4.78 is 11.2. The molecular weight excluding hydrogens is 396 g/mol. The molecule has 166 valence electrons. The second kappa shape index (κ2) is 8.98. The molecule has 1 atom stereocenters. The molecule has 1 aromatic heterocycles. The van der Waals surface area contributed by atoms with Gasteiger partial charge in [0.15, 0.2) is 0 Å². The molecule has 0 aliphatic carbocycles. The Kier molecular flexibility index (Phi) is 6.55. The van der Waals surface area contributed by atoms with Crippen molar-refractivity contribution in [3.05, 3.63) is 58.6 Å². The number of hydrogen-bond acceptors (Lipinski definition) is 6. The van der Waals surface area contributed by atoms with E-state index < -0.39 is 17.7 Å². The number of likely N-dealkylation sites (tertiary alicyclic amines) is 1. The summed E-state index contributed by atoms with van der Waals surface area (Å²) in [6, 6.07) is 8.01. The molecule has 0 saturated carbocycles. The maximum absolute atomic E-state index is 13.0. The second-order valence-electron chi connectivity index (χ2n) is 8.36. The van der Waals surface area contributed by atoms with Gasteiger partial charge >= 0.3 is 0 Å². The van der Waals surface area contributed by atoms with E-state index in [0.717, 1.165) is 5.56 Å². The number of amides is 1. The Bertz CT molecular complexity index is 1020. The number of rotatable bonds is 7. The maximum Gasteiger partial charge on any atom is 0.295 e. The van der Waals surface area contributed by atoms with Crippen LogP contribution in [0.25, 0.3) is 5.76 Å². The predicted molar refractivity (Wildman–Crippen MR) is 118 cm³/mol. The third-order valence-electron chi connectivity index (χ3n) is 5.48. The molecule has 2 heterocycles. The van der Waals surface area contributed by atoms with Crippen LogP contribution in [0.3, 0.4) is 0 Å². The molecular formula is C24H30N2O5. The first-order valence-corrected chi connectivity index (χ1v) is 10.3. The van der Waals surface area contributed by atoms with Gasteiger partial charge in [-0.1, -0.05) is 13.8 Å². The van der Waals surface area contributed by atoms with E-state index >= 15 is 0 Å². The summed E-state index contributed by atoms with van der Waals surface area (Å²) in [5.74, 6) is 0.408. The molecule has 1 aliphatic rings. The van der Waals surface area contributed by atoms with Crippen LogP contribution in [0.5, 0.6) is 5.75 Å². The Balaban J connectivity index is 2.15. The molecule has 1 amide bonds. The fraction of sp³-hybridized carbons (Fsp3) is 0.417. The molecule has 7 nitrogen and oxygen atoms in total. The van der Waals surface area contributed by atoms with Crippen LogP contribution in [0.2, 0.25) is 0 Å². The van der Waals surface area contributed by atoms with Crippen LogP contribution in [0.4, 0.5) is 0 Å². The molecule has 1 aromatic carbocycles. The van der Waals surface area contributed by atoms with Gasteiger partial charge in [0.1, 0.15) is 29.1 Å². The van der Waals surface area contributed by atoms with Crippen LogP contribution in [0, 0.1) is 6.92 Å². The van der Waals surface area contributed by atoms with Crippen molar-refractivity contribution in [2.24, 2.45) is 0 Å². The van der Waals surface area contributed by atoms with Crippen molar-refractivity contribution < 1.29 is 23.8 Å². The Morgan fingerprint density at radius 2 is 1.94 bits per heavy atom. The standard InChI is InChI=1S/C24H30N2O5/c1-14(2)17-13-16(8-10-18(17)30-6)22(27)20-21(19-9-7-15(3)31-19)26(12-11-25(4)5)24(29)23(20)28/h7-10,13-14,21,27H,11-12H2,1-6H3/b22-20-. The van der Waals surface area contributed by atoms with Crippen LogP contribution in [-0.4, -0.2) is 60.9 Å². The summed E-state index contributed by atoms with van der Waals surface area (Å²) in [4.78, 5) is 29.3. The number of carbonyl (C=O) groups excluding carboxylic acids is 2. The third-order valence-corrected chi connectivity index (χ3v) is 5.48. The zero-order chi connectivity index (χ0) is 22.9. The minimum Gasteiger partial charge on any atom is -0.507 e. The number of aliphatic hydroxyl groups is 1. The molecule has 7 heteroatoms. The lowest BCUT2D eigenvalue weighted by molar-refractivity contribution is -0.140. The quantitative estimate of drug-likeness (QED) is 0.413. The fourth-order valence-electron chi connectivity index (χ4n) is 3.80. The van der Waals surface area contributed by atoms with Gasteiger partial charge in [-0.15, -0.1) is 0 Å². The molecule has 2 aromatic rings. The maximum atomic E-state index is 13.0. The number of furan rings is 1. The Hall–Kier alpha value is -3.06. The van der Waals surface area contributed by atoms with Crippen molar-refractivity contribution in [2.45, 2.75) is 32.7 Å². The number of nitrogens with zero attached hydrogens (tertiary/aromatic N) is 2. The predicted octanol–water partition coefficient (Wildman–Crippen LogP) is 3.70. The summed E-state index contributed by atoms with van der Waals surface area (Å²) >= 11 is 0. The van der Waals surface area contributed by atoms with E-state index in [-0.39, 0.29) is 17.3 Å². The van der Waals surface area contributed by atoms with Gasteiger partial charge in [0.25, 0.3) is 11.7 Å². The number of ether oxygens (including phenoxy) is 1. The lowest BCUT2D eigenvalue weighted by Gasteiger charge is -2.24. The summed E-state index contributed by atoms with van der Waals surface area (Å²) in [6.45, 7) is 6.75. The van der Waals surface area contributed by atoms with Gasteiger partial charge < -0.3 is 24.1 Å². The van der Waals surface area contributed by atoms with Gasteiger partial charge in [-0.2, -0.15) is 0 Å². The average Bonchev–Trinajstić information content (AvgIpc) is 3.26. The first-order chi connectivity index (χ1) is 14.6. The Morgan fingerprint density at radius 3 is 2.48 bits per heavy atom. The van der Waals surface area contributed by atoms with Crippen molar-refractivity contribution in [1.82, 2.24) is 9.80 Å². The van der Waals surface area contributed by atoms with E-state index in [1.807, 2.05) is 32.8 Å². The van der Waals surface area contributed by atoms with E-state index in [0.29, 0.717) is 35.9 Å². The number of methoxy groups -OCH3 is 1. The van der Waals surface area contributed by atoms with Gasteiger partial charge in [0, 0.05) is 18.7 Å². The number of benzene rings is 1. The SMILES string of the molecule is COc1ccc(/C(O)=C2/C(=O)C(=O)N(CCN(C)C)C2c2ccc(C)o2)cc1C(C)C. The molecule has 1 fully saturated rings. The number of ketones is 1. The molecule has 3 rings (SSSR count). The van der Waals surface area contributed by atoms with Gasteiger partial charge in [-0.3, -0.25) is 9.59 Å². The zero-order valence-corrected chi connectivity index (χ0v) is 18.9. The average molecular weight is 427 g/mol. The minimum atomic E-state index is -0.779. The molecule has 0 spiro atoms. The van der Waals surface area contributed by atoms with Gasteiger partial charge in [-0.25, -0.2) is 0 Å². The third kappa shape index (κ3) is 4.37. The van der Waals surface area contributed by atoms with Crippen LogP contribution in [0.1, 0.15) is 48.5 Å². The molecule has 0 bridgehead atoms. The van der Waals surface area contributed by atoms with E-state index in [4.69, 9.17) is 9.15 Å². The number of aliphatic hydroxyl groups excluding tert-OH is 1. The van der Waals surface area contributed by atoms with E-state index in [2.05, 4.69) is 0 Å². The summed E-state index contributed by atoms with van der Waals surface area (Å²) in [6.07, 6.45) is 0. The van der Waals surface area contributed by atoms with Crippen molar-refractivity contribution in [3.8, 4) is 5.75 Å². The molecule has 31 heavy (non-hydrogen) atoms. The number of hydrogen-bond donors (Lipinski definition) is 1. The number of carbonyl (C=O) groups is 2. The lowest BCUT2D eigenvalue weighted by Crippen LogP contribution is -2.35. The van der Waals surface area contributed by atoms with Crippen molar-refractivity contribution in [2.75, 3.05) is 34.3 Å². The topological polar surface area (TPSA) is 83.2 Å². The highest BCUT2D eigenvalue weighted by atomic mass is 16.5. The summed E-state index contributed by atoms with van der Waals surface area (Å²) in [7, 11) is 5.39. The molecule has 1 unspecified atom stereocenters. The van der Waals surface area contributed by atoms with Crippen LogP contribution >= 0.6 is 0 Å². The molecule has 1 N–H and O–H groups in total. The van der Waals surface area contributed by atoms with Gasteiger partial charge in [-0.05, 0) is 62.8 Å². The minimum absolute atomic E-state index is 0.0398. The highest BCUT2D eigenvalue weighted by Crippen LogP contribution is 2.40. The van der Waals surface area contributed by atoms with E-state index in [1.165, 1.54) is 4.90 Å². The summed E-state index contributed by atoms with van der Waals surface area (Å²) in [5, 5.41) is 11.2. The lowest BCUT2D eigenvalue weighted by atomic mass is 9.95. The van der Waals surface area contributed by atoms with Gasteiger partial charge in [0.2, 0.25) is 0 Å². The van der Waals surface area contributed by atoms with Crippen molar-refractivity contribution in [3.63, 3.8) is 0 Å². The number of aryl methyl sites for hydroxylation is 1. The smallest absolute Gasteiger partial charge is 0.295 e. The molecule has 0 radical (unpaired) electrons. The monoisotopic (exact) mass is 426 g/mol. The number of Topliss-reactive ketones (excluding diaryl/α,β-unsaturated/α-hetero) is 1. The first kappa shape index (κ1) is 22.6. The first-order valence-electron chi connectivity index (χ1n) is 10.3. The van der Waals surface area contributed by atoms with E-state index in [1.54, 1.807) is 44.4 Å². The van der Waals surface area contributed by atoms with Crippen molar-refractivity contribution in [1.29, 1.82) is 0 Å². The fourth-order valence-corrected chi connectivity index (χ4v) is 3.80. The zero-order valence-electron chi connectivity index (χ0n) is 18.9. The normalized spacial score (nSPS) is 18.5. The highest BCUT2D eigenvalue weighted by molar-refractivity contribution is 6.46. The largest absolute Gasteiger partial charge is 0.507 e. The highest BCUT2D eigenvalue weighted by Gasteiger charge is 2.47. The Labute approximate surface area is 182 Å². The van der Waals surface area contributed by atoms with Crippen LogP contribution < -0.4 is 4.74 Å². The molecule has 1 aliphatic heterocycles. The van der Waals surface area contributed by atoms with E-state index in [9.17, 15) is 14.7 Å². The molecule has 1 saturated heterocycles. The van der Waals surface area contributed by atoms with Crippen LogP contribution in [0.15, 0.2) is 40.3 Å². The second-order valence-corrected chi connectivity index (χ2v) is 8.36. The van der Waals surface area contributed by atoms with Crippen molar-refractivity contribution >= 4 is 17.4 Å². The summed E-state index contributed by atoms with van der Waals surface area (Å²) in [5.41, 5.74) is 1.40.